The maximum Gasteiger partial charge on any atom is 0.252 e. The van der Waals surface area contributed by atoms with Crippen molar-refractivity contribution in [3.63, 3.8) is 0 Å². The normalized spacial score (nSPS) is 11.6. The molecule has 0 saturated carbocycles. The van der Waals surface area contributed by atoms with Crippen LogP contribution < -0.4 is 0 Å². The molecular formula is C12H12N2O3S2. The first-order valence-corrected chi connectivity index (χ1v) is 7.89. The van der Waals surface area contributed by atoms with Crippen molar-refractivity contribution in [2.75, 3.05) is 6.54 Å². The molecule has 0 bridgehead atoms. The summed E-state index contributed by atoms with van der Waals surface area (Å²) in [7, 11) is -3.57. The van der Waals surface area contributed by atoms with Crippen LogP contribution in [0.4, 0.5) is 0 Å². The molecular weight excluding hydrogens is 284 g/mol. The Kier molecular flexibility index (Phi) is 4.37. The monoisotopic (exact) mass is 296 g/mol. The van der Waals surface area contributed by atoms with Gasteiger partial charge in [-0.3, -0.25) is 0 Å². The summed E-state index contributed by atoms with van der Waals surface area (Å²) in [5, 5.41) is 10.4. The number of hydrogen-bond donors (Lipinski definition) is 0. The summed E-state index contributed by atoms with van der Waals surface area (Å²) in [6.07, 6.45) is 1.64. The van der Waals surface area contributed by atoms with E-state index in [2.05, 4.69) is 0 Å². The number of furan rings is 1. The highest BCUT2D eigenvalue weighted by Gasteiger charge is 2.25. The fraction of sp³-hybridized carbons (Fsp3) is 0.250. The Morgan fingerprint density at radius 1 is 1.37 bits per heavy atom. The van der Waals surface area contributed by atoms with E-state index in [1.807, 2.05) is 6.07 Å². The van der Waals surface area contributed by atoms with Gasteiger partial charge in [-0.25, -0.2) is 8.42 Å². The van der Waals surface area contributed by atoms with Crippen LogP contribution in [0.3, 0.4) is 0 Å². The van der Waals surface area contributed by atoms with Gasteiger partial charge >= 0.3 is 0 Å². The van der Waals surface area contributed by atoms with Gasteiger partial charge in [0.2, 0.25) is 0 Å². The SMILES string of the molecule is N#CCCN(Cc1ccco1)S(=O)(=O)c1cccs1. The fourth-order valence-electron chi connectivity index (χ4n) is 1.57. The van der Waals surface area contributed by atoms with Gasteiger partial charge in [-0.15, -0.1) is 11.3 Å². The highest BCUT2D eigenvalue weighted by atomic mass is 32.2. The van der Waals surface area contributed by atoms with Crippen LogP contribution in [0.1, 0.15) is 12.2 Å². The van der Waals surface area contributed by atoms with Gasteiger partial charge in [0.05, 0.1) is 18.9 Å². The Hall–Kier alpha value is -1.62. The van der Waals surface area contributed by atoms with Crippen LogP contribution >= 0.6 is 11.3 Å². The van der Waals surface area contributed by atoms with Crippen molar-refractivity contribution >= 4 is 21.4 Å². The van der Waals surface area contributed by atoms with Crippen LogP contribution in [0, 0.1) is 11.3 Å². The Balaban J connectivity index is 2.25. The van der Waals surface area contributed by atoms with Crippen molar-refractivity contribution in [2.24, 2.45) is 0 Å². The molecule has 0 radical (unpaired) electrons. The lowest BCUT2D eigenvalue weighted by molar-refractivity contribution is 0.369. The Morgan fingerprint density at radius 3 is 2.79 bits per heavy atom. The molecule has 0 aliphatic heterocycles. The Labute approximate surface area is 115 Å². The van der Waals surface area contributed by atoms with Gasteiger partial charge < -0.3 is 4.42 Å². The molecule has 0 fully saturated rings. The minimum atomic E-state index is -3.57. The summed E-state index contributed by atoms with van der Waals surface area (Å²) in [5.41, 5.74) is 0. The smallest absolute Gasteiger partial charge is 0.252 e. The predicted octanol–water partition coefficient (Wildman–Crippen LogP) is 2.45. The molecule has 0 amide bonds. The van der Waals surface area contributed by atoms with Crippen LogP contribution in [0.2, 0.25) is 0 Å². The van der Waals surface area contributed by atoms with Crippen LogP contribution in [-0.4, -0.2) is 19.3 Å². The molecule has 5 nitrogen and oxygen atoms in total. The van der Waals surface area contributed by atoms with E-state index in [9.17, 15) is 8.42 Å². The number of sulfonamides is 1. The largest absolute Gasteiger partial charge is 0.468 e. The van der Waals surface area contributed by atoms with E-state index in [0.29, 0.717) is 5.76 Å². The van der Waals surface area contributed by atoms with Crippen molar-refractivity contribution in [3.05, 3.63) is 41.7 Å². The number of nitrogens with zero attached hydrogens (tertiary/aromatic N) is 2. The van der Waals surface area contributed by atoms with E-state index in [4.69, 9.17) is 9.68 Å². The summed E-state index contributed by atoms with van der Waals surface area (Å²) in [4.78, 5) is 0. The standard InChI is InChI=1S/C12H12N2O3S2/c13-6-3-7-14(10-11-4-1-8-17-11)19(15,16)12-5-2-9-18-12/h1-2,4-5,8-9H,3,7,10H2. The molecule has 0 aromatic carbocycles. The fourth-order valence-corrected chi connectivity index (χ4v) is 4.12. The molecule has 2 rings (SSSR count). The van der Waals surface area contributed by atoms with E-state index in [1.165, 1.54) is 10.6 Å². The second-order valence-corrected chi connectivity index (χ2v) is 6.87. The molecule has 0 unspecified atom stereocenters. The molecule has 2 aromatic heterocycles. The molecule has 0 aliphatic rings. The second kappa shape index (κ2) is 6.02. The molecule has 2 heterocycles. The molecule has 0 spiro atoms. The van der Waals surface area contributed by atoms with Crippen molar-refractivity contribution in [1.82, 2.24) is 4.31 Å². The van der Waals surface area contributed by atoms with Gasteiger partial charge in [0.1, 0.15) is 9.97 Å². The molecule has 0 atom stereocenters. The van der Waals surface area contributed by atoms with Gasteiger partial charge in [0.25, 0.3) is 10.0 Å². The van der Waals surface area contributed by atoms with E-state index >= 15 is 0 Å². The lowest BCUT2D eigenvalue weighted by Crippen LogP contribution is -2.30. The molecule has 100 valence electrons. The van der Waals surface area contributed by atoms with E-state index in [0.717, 1.165) is 11.3 Å². The third-order valence-electron chi connectivity index (χ3n) is 2.47. The zero-order valence-corrected chi connectivity index (χ0v) is 11.7. The third-order valence-corrected chi connectivity index (χ3v) is 5.69. The first-order chi connectivity index (χ1) is 9.14. The summed E-state index contributed by atoms with van der Waals surface area (Å²) >= 11 is 1.16. The van der Waals surface area contributed by atoms with E-state index in [-0.39, 0.29) is 23.7 Å². The molecule has 19 heavy (non-hydrogen) atoms. The number of thiophene rings is 1. The van der Waals surface area contributed by atoms with Gasteiger partial charge in [-0.2, -0.15) is 9.57 Å². The maximum atomic E-state index is 12.4. The first-order valence-electron chi connectivity index (χ1n) is 5.57. The van der Waals surface area contributed by atoms with Crippen molar-refractivity contribution < 1.29 is 12.8 Å². The molecule has 0 aliphatic carbocycles. The van der Waals surface area contributed by atoms with Crippen LogP contribution in [0.25, 0.3) is 0 Å². The van der Waals surface area contributed by atoms with Crippen molar-refractivity contribution in [2.45, 2.75) is 17.2 Å². The van der Waals surface area contributed by atoms with Gasteiger partial charge in [-0.05, 0) is 23.6 Å². The highest BCUT2D eigenvalue weighted by molar-refractivity contribution is 7.91. The van der Waals surface area contributed by atoms with Crippen LogP contribution in [0.15, 0.2) is 44.5 Å². The lowest BCUT2D eigenvalue weighted by atomic mass is 10.4. The quantitative estimate of drug-likeness (QED) is 0.820. The first kappa shape index (κ1) is 13.8. The zero-order chi connectivity index (χ0) is 13.7. The highest BCUT2D eigenvalue weighted by Crippen LogP contribution is 2.22. The third kappa shape index (κ3) is 3.23. The minimum Gasteiger partial charge on any atom is -0.468 e. The topological polar surface area (TPSA) is 74.3 Å². The molecule has 0 N–H and O–H groups in total. The van der Waals surface area contributed by atoms with Crippen molar-refractivity contribution in [1.29, 1.82) is 5.26 Å². The minimum absolute atomic E-state index is 0.134. The molecule has 2 aromatic rings. The zero-order valence-electron chi connectivity index (χ0n) is 10.0. The second-order valence-electron chi connectivity index (χ2n) is 3.76. The van der Waals surface area contributed by atoms with Crippen molar-refractivity contribution in [3.8, 4) is 6.07 Å². The van der Waals surface area contributed by atoms with Gasteiger partial charge in [0, 0.05) is 13.0 Å². The number of rotatable bonds is 6. The lowest BCUT2D eigenvalue weighted by Gasteiger charge is -2.18. The summed E-state index contributed by atoms with van der Waals surface area (Å²) in [6, 6.07) is 8.62. The molecule has 7 heteroatoms. The molecule has 0 saturated heterocycles. The number of hydrogen-bond acceptors (Lipinski definition) is 5. The van der Waals surface area contributed by atoms with Crippen LogP contribution in [0.5, 0.6) is 0 Å². The van der Waals surface area contributed by atoms with E-state index < -0.39 is 10.0 Å². The summed E-state index contributed by atoms with van der Waals surface area (Å²) < 4.78 is 31.5. The van der Waals surface area contributed by atoms with E-state index in [1.54, 1.807) is 29.6 Å². The number of nitriles is 1. The Morgan fingerprint density at radius 2 is 2.21 bits per heavy atom. The summed E-state index contributed by atoms with van der Waals surface area (Å²) in [6.45, 7) is 0.284. The van der Waals surface area contributed by atoms with Gasteiger partial charge in [-0.1, -0.05) is 6.07 Å². The van der Waals surface area contributed by atoms with Crippen LogP contribution in [-0.2, 0) is 16.6 Å². The van der Waals surface area contributed by atoms with Gasteiger partial charge in [0.15, 0.2) is 0 Å². The predicted molar refractivity (Wildman–Crippen MR) is 70.9 cm³/mol. The average molecular weight is 296 g/mol. The average Bonchev–Trinajstić information content (AvgIpc) is 3.06. The Bertz CT molecular complexity index is 640. The maximum absolute atomic E-state index is 12.4. The summed E-state index contributed by atoms with van der Waals surface area (Å²) in [5.74, 6) is 0.554.